The molecule has 4 nitrogen and oxygen atoms in total. The van der Waals surface area contributed by atoms with Gasteiger partial charge in [0.05, 0.1) is 5.69 Å². The Balaban J connectivity index is 2.29. The highest BCUT2D eigenvalue weighted by molar-refractivity contribution is 7.94. The Bertz CT molecular complexity index is 758. The molecule has 0 aliphatic rings. The van der Waals surface area contributed by atoms with Gasteiger partial charge in [-0.05, 0) is 37.7 Å². The van der Waals surface area contributed by atoms with E-state index in [0.717, 1.165) is 33.9 Å². The van der Waals surface area contributed by atoms with Gasteiger partial charge in [0.25, 0.3) is 10.0 Å². The van der Waals surface area contributed by atoms with E-state index in [1.165, 1.54) is 6.07 Å². The quantitative estimate of drug-likeness (QED) is 0.885. The minimum atomic E-state index is -3.81. The van der Waals surface area contributed by atoms with Crippen molar-refractivity contribution in [1.29, 1.82) is 0 Å². The summed E-state index contributed by atoms with van der Waals surface area (Å²) in [7, 11) is -2.04. The predicted molar refractivity (Wildman–Crippen MR) is 79.0 cm³/mol. The molecule has 0 radical (unpaired) electrons. The maximum Gasteiger partial charge on any atom is 0.271 e. The number of benzene rings is 1. The SMILES string of the molecule is CNCc1sc(S(=O)(=O)Nc2ccc(F)c(F)c2)cc1C. The van der Waals surface area contributed by atoms with Crippen molar-refractivity contribution < 1.29 is 17.2 Å². The molecular weight excluding hydrogens is 318 g/mol. The standard InChI is InChI=1S/C13H14F2N2O2S2/c1-8-5-13(20-12(8)7-16-2)21(18,19)17-9-3-4-10(14)11(15)6-9/h3-6,16-17H,7H2,1-2H3. The third-order valence-corrected chi connectivity index (χ3v) is 5.86. The molecule has 2 N–H and O–H groups in total. The lowest BCUT2D eigenvalue weighted by molar-refractivity contribution is 0.509. The lowest BCUT2D eigenvalue weighted by Crippen LogP contribution is -2.11. The van der Waals surface area contributed by atoms with Gasteiger partial charge in [-0.25, -0.2) is 17.2 Å². The minimum absolute atomic E-state index is 0.0184. The van der Waals surface area contributed by atoms with E-state index in [0.29, 0.717) is 6.54 Å². The molecule has 0 spiro atoms. The largest absolute Gasteiger partial charge is 0.315 e. The summed E-state index contributed by atoms with van der Waals surface area (Å²) in [6.07, 6.45) is 0. The Morgan fingerprint density at radius 2 is 1.90 bits per heavy atom. The number of sulfonamides is 1. The summed E-state index contributed by atoms with van der Waals surface area (Å²) in [6.45, 7) is 2.39. The highest BCUT2D eigenvalue weighted by Crippen LogP contribution is 2.28. The molecule has 0 saturated heterocycles. The zero-order valence-corrected chi connectivity index (χ0v) is 13.0. The van der Waals surface area contributed by atoms with E-state index in [9.17, 15) is 17.2 Å². The van der Waals surface area contributed by atoms with Crippen LogP contribution in [0, 0.1) is 18.6 Å². The lowest BCUT2D eigenvalue weighted by Gasteiger charge is -2.06. The lowest BCUT2D eigenvalue weighted by atomic mass is 10.3. The summed E-state index contributed by atoms with van der Waals surface area (Å²) in [4.78, 5) is 0.906. The molecular formula is C13H14F2N2O2S2. The van der Waals surface area contributed by atoms with Crippen LogP contribution in [0.15, 0.2) is 28.5 Å². The second kappa shape index (κ2) is 6.08. The van der Waals surface area contributed by atoms with E-state index in [1.54, 1.807) is 13.1 Å². The van der Waals surface area contributed by atoms with Crippen molar-refractivity contribution in [3.63, 3.8) is 0 Å². The van der Waals surface area contributed by atoms with Gasteiger partial charge in [-0.2, -0.15) is 0 Å². The van der Waals surface area contributed by atoms with E-state index in [4.69, 9.17) is 0 Å². The fraction of sp³-hybridized carbons (Fsp3) is 0.231. The summed E-state index contributed by atoms with van der Waals surface area (Å²) in [5, 5.41) is 2.96. The van der Waals surface area contributed by atoms with Crippen LogP contribution in [0.2, 0.25) is 0 Å². The monoisotopic (exact) mass is 332 g/mol. The molecule has 0 saturated carbocycles. The van der Waals surface area contributed by atoms with E-state index < -0.39 is 21.7 Å². The van der Waals surface area contributed by atoms with Crippen LogP contribution in [0.3, 0.4) is 0 Å². The zero-order valence-electron chi connectivity index (χ0n) is 11.4. The highest BCUT2D eigenvalue weighted by Gasteiger charge is 2.19. The van der Waals surface area contributed by atoms with Gasteiger partial charge in [0, 0.05) is 17.5 Å². The molecule has 2 aromatic rings. The van der Waals surface area contributed by atoms with Crippen LogP contribution >= 0.6 is 11.3 Å². The Labute approximate surface area is 125 Å². The van der Waals surface area contributed by atoms with Crippen LogP contribution in [0.4, 0.5) is 14.5 Å². The van der Waals surface area contributed by atoms with Crippen LogP contribution < -0.4 is 10.0 Å². The summed E-state index contributed by atoms with van der Waals surface area (Å²) in [5.41, 5.74) is 0.843. The van der Waals surface area contributed by atoms with E-state index in [-0.39, 0.29) is 9.90 Å². The molecule has 0 amide bonds. The Morgan fingerprint density at radius 1 is 1.19 bits per heavy atom. The first-order valence-corrected chi connectivity index (χ1v) is 8.35. The summed E-state index contributed by atoms with van der Waals surface area (Å²) >= 11 is 1.14. The fourth-order valence-electron chi connectivity index (χ4n) is 1.72. The molecule has 0 bridgehead atoms. The van der Waals surface area contributed by atoms with Crippen molar-refractivity contribution in [2.45, 2.75) is 17.7 Å². The summed E-state index contributed by atoms with van der Waals surface area (Å²) in [5.74, 6) is -2.13. The van der Waals surface area contributed by atoms with Gasteiger partial charge in [-0.1, -0.05) is 0 Å². The molecule has 1 aromatic carbocycles. The van der Waals surface area contributed by atoms with E-state index in [2.05, 4.69) is 10.0 Å². The molecule has 2 rings (SSSR count). The van der Waals surface area contributed by atoms with Crippen molar-refractivity contribution in [1.82, 2.24) is 5.32 Å². The molecule has 114 valence electrons. The highest BCUT2D eigenvalue weighted by atomic mass is 32.2. The number of hydrogen-bond donors (Lipinski definition) is 2. The molecule has 0 unspecified atom stereocenters. The van der Waals surface area contributed by atoms with Gasteiger partial charge in [-0.15, -0.1) is 11.3 Å². The maximum absolute atomic E-state index is 13.1. The molecule has 8 heteroatoms. The van der Waals surface area contributed by atoms with Crippen molar-refractivity contribution in [2.75, 3.05) is 11.8 Å². The molecule has 0 aliphatic heterocycles. The molecule has 21 heavy (non-hydrogen) atoms. The Hall–Kier alpha value is -1.51. The van der Waals surface area contributed by atoms with Gasteiger partial charge in [-0.3, -0.25) is 4.72 Å². The molecule has 1 heterocycles. The van der Waals surface area contributed by atoms with Crippen LogP contribution in [-0.4, -0.2) is 15.5 Å². The fourth-order valence-corrected chi connectivity index (χ4v) is 4.37. The average Bonchev–Trinajstić information content (AvgIpc) is 2.77. The van der Waals surface area contributed by atoms with Gasteiger partial charge in [0.2, 0.25) is 0 Å². The topological polar surface area (TPSA) is 58.2 Å². The smallest absolute Gasteiger partial charge is 0.271 e. The first-order valence-electron chi connectivity index (χ1n) is 6.05. The van der Waals surface area contributed by atoms with Crippen molar-refractivity contribution in [3.05, 3.63) is 46.3 Å². The van der Waals surface area contributed by atoms with Crippen LogP contribution in [0.1, 0.15) is 10.4 Å². The number of hydrogen-bond acceptors (Lipinski definition) is 4. The normalized spacial score (nSPS) is 11.6. The second-order valence-electron chi connectivity index (χ2n) is 4.44. The number of nitrogens with one attached hydrogen (secondary N) is 2. The molecule has 1 aromatic heterocycles. The summed E-state index contributed by atoms with van der Waals surface area (Å²) in [6, 6.07) is 4.41. The first-order chi connectivity index (χ1) is 9.83. The van der Waals surface area contributed by atoms with E-state index >= 15 is 0 Å². The Kier molecular flexibility index (Phi) is 4.60. The minimum Gasteiger partial charge on any atom is -0.315 e. The summed E-state index contributed by atoms with van der Waals surface area (Å²) < 4.78 is 52.8. The van der Waals surface area contributed by atoms with Gasteiger partial charge < -0.3 is 5.32 Å². The number of aryl methyl sites for hydroxylation is 1. The Morgan fingerprint density at radius 3 is 2.52 bits per heavy atom. The zero-order chi connectivity index (χ0) is 15.6. The molecule has 0 atom stereocenters. The van der Waals surface area contributed by atoms with E-state index in [1.807, 2.05) is 6.92 Å². The predicted octanol–water partition coefficient (Wildman–Crippen LogP) is 2.85. The third-order valence-electron chi connectivity index (χ3n) is 2.77. The van der Waals surface area contributed by atoms with Crippen LogP contribution in [0.5, 0.6) is 0 Å². The second-order valence-corrected chi connectivity index (χ2v) is 7.48. The third kappa shape index (κ3) is 3.58. The van der Waals surface area contributed by atoms with Crippen LogP contribution in [-0.2, 0) is 16.6 Å². The van der Waals surface area contributed by atoms with Crippen LogP contribution in [0.25, 0.3) is 0 Å². The molecule has 0 aliphatic carbocycles. The first kappa shape index (κ1) is 15.9. The molecule has 0 fully saturated rings. The van der Waals surface area contributed by atoms with Crippen molar-refractivity contribution in [3.8, 4) is 0 Å². The van der Waals surface area contributed by atoms with Crippen molar-refractivity contribution >= 4 is 27.0 Å². The number of rotatable bonds is 5. The maximum atomic E-state index is 13.1. The number of halogens is 2. The van der Waals surface area contributed by atoms with Gasteiger partial charge >= 0.3 is 0 Å². The van der Waals surface area contributed by atoms with Gasteiger partial charge in [0.15, 0.2) is 11.6 Å². The van der Waals surface area contributed by atoms with Gasteiger partial charge in [0.1, 0.15) is 4.21 Å². The number of thiophene rings is 1. The van der Waals surface area contributed by atoms with Crippen molar-refractivity contribution in [2.24, 2.45) is 0 Å². The average molecular weight is 332 g/mol. The number of anilines is 1.